The Kier molecular flexibility index (Phi) is 5.03. The van der Waals surface area contributed by atoms with Crippen LogP contribution < -0.4 is 10.6 Å². The van der Waals surface area contributed by atoms with Crippen molar-refractivity contribution in [3.63, 3.8) is 0 Å². The van der Waals surface area contributed by atoms with Crippen LogP contribution in [-0.4, -0.2) is 46.6 Å². The number of amides is 2. The number of nitrogens with zero attached hydrogens (tertiary/aromatic N) is 3. The van der Waals surface area contributed by atoms with Gasteiger partial charge in [-0.05, 0) is 37.1 Å². The molecule has 28 heavy (non-hydrogen) atoms. The van der Waals surface area contributed by atoms with Crippen molar-refractivity contribution in [3.05, 3.63) is 54.0 Å². The van der Waals surface area contributed by atoms with E-state index in [0.717, 1.165) is 31.7 Å². The first-order valence-corrected chi connectivity index (χ1v) is 9.19. The van der Waals surface area contributed by atoms with Crippen molar-refractivity contribution < 1.29 is 14.3 Å². The lowest BCUT2D eigenvalue weighted by atomic mass is 10.1. The third-order valence-corrected chi connectivity index (χ3v) is 4.87. The van der Waals surface area contributed by atoms with E-state index in [1.807, 2.05) is 0 Å². The van der Waals surface area contributed by atoms with Gasteiger partial charge in [0.1, 0.15) is 5.52 Å². The number of imidazole rings is 1. The maximum Gasteiger partial charge on any atom is 0.257 e. The average Bonchev–Trinajstić information content (AvgIpc) is 3.17. The maximum atomic E-state index is 12.6. The molecule has 8 nitrogen and oxygen atoms in total. The molecule has 1 aliphatic heterocycles. The first kappa shape index (κ1) is 18.1. The number of pyridine rings is 1. The molecule has 0 aliphatic carbocycles. The summed E-state index contributed by atoms with van der Waals surface area (Å²) in [6, 6.07) is 8.82. The van der Waals surface area contributed by atoms with Crippen molar-refractivity contribution in [2.24, 2.45) is 0 Å². The van der Waals surface area contributed by atoms with Crippen LogP contribution in [0.1, 0.15) is 39.6 Å². The van der Waals surface area contributed by atoms with Gasteiger partial charge in [-0.1, -0.05) is 6.07 Å². The molecule has 4 rings (SSSR count). The van der Waals surface area contributed by atoms with Crippen LogP contribution in [0.2, 0.25) is 0 Å². The number of fused-ring (bicyclic) bond motifs is 1. The van der Waals surface area contributed by atoms with Crippen molar-refractivity contribution >= 4 is 28.7 Å². The minimum Gasteiger partial charge on any atom is -0.381 e. The Morgan fingerprint density at radius 1 is 1.11 bits per heavy atom. The predicted molar refractivity (Wildman–Crippen MR) is 104 cm³/mol. The van der Waals surface area contributed by atoms with Gasteiger partial charge in [0.15, 0.2) is 5.65 Å². The van der Waals surface area contributed by atoms with E-state index in [1.165, 1.54) is 0 Å². The summed E-state index contributed by atoms with van der Waals surface area (Å²) in [7, 11) is 1.56. The van der Waals surface area contributed by atoms with Crippen LogP contribution in [0.3, 0.4) is 0 Å². The molecular formula is C20H21N5O3. The van der Waals surface area contributed by atoms with Crippen LogP contribution in [0, 0.1) is 0 Å². The topological polar surface area (TPSA) is 98.1 Å². The lowest BCUT2D eigenvalue weighted by molar-refractivity contribution is 0.0704. The number of hydrogen-bond acceptors (Lipinski definition) is 5. The number of hydrogen-bond donors (Lipinski definition) is 2. The van der Waals surface area contributed by atoms with Crippen LogP contribution >= 0.6 is 0 Å². The van der Waals surface area contributed by atoms with E-state index >= 15 is 0 Å². The van der Waals surface area contributed by atoms with Crippen LogP contribution in [-0.2, 0) is 4.74 Å². The summed E-state index contributed by atoms with van der Waals surface area (Å²) in [5.74, 6) is -0.512. The van der Waals surface area contributed by atoms with Crippen LogP contribution in [0.15, 0.2) is 42.9 Å². The first-order chi connectivity index (χ1) is 13.7. The van der Waals surface area contributed by atoms with Crippen molar-refractivity contribution in [1.82, 2.24) is 19.9 Å². The Bertz CT molecular complexity index is 1020. The maximum absolute atomic E-state index is 12.6. The highest BCUT2D eigenvalue weighted by molar-refractivity contribution is 6.06. The highest BCUT2D eigenvalue weighted by atomic mass is 16.5. The fourth-order valence-corrected chi connectivity index (χ4v) is 3.36. The van der Waals surface area contributed by atoms with Crippen molar-refractivity contribution in [2.75, 3.05) is 25.6 Å². The SMILES string of the molecule is CNC(=O)c1cccc(NC(=O)c2cnc3c(c2)ncn3C2CCOCC2)c1. The number of carbonyl (C=O) groups excluding carboxylic acids is 2. The van der Waals surface area contributed by atoms with Gasteiger partial charge in [-0.25, -0.2) is 9.97 Å². The molecule has 1 aliphatic rings. The number of ether oxygens (including phenoxy) is 1. The quantitative estimate of drug-likeness (QED) is 0.725. The van der Waals surface area contributed by atoms with Gasteiger partial charge in [0.05, 0.1) is 11.9 Å². The zero-order valence-corrected chi connectivity index (χ0v) is 15.5. The molecule has 0 spiro atoms. The van der Waals surface area contributed by atoms with E-state index in [0.29, 0.717) is 28.4 Å². The molecule has 2 aromatic heterocycles. The molecule has 3 heterocycles. The fourth-order valence-electron chi connectivity index (χ4n) is 3.36. The Balaban J connectivity index is 1.54. The van der Waals surface area contributed by atoms with Gasteiger partial charge in [-0.15, -0.1) is 0 Å². The van der Waals surface area contributed by atoms with Gasteiger partial charge < -0.3 is 19.9 Å². The predicted octanol–water partition coefficient (Wildman–Crippen LogP) is 2.39. The monoisotopic (exact) mass is 379 g/mol. The second-order valence-corrected chi connectivity index (χ2v) is 6.68. The molecule has 8 heteroatoms. The van der Waals surface area contributed by atoms with Crippen molar-refractivity contribution in [3.8, 4) is 0 Å². The summed E-state index contributed by atoms with van der Waals surface area (Å²) in [6.07, 6.45) is 5.19. The second-order valence-electron chi connectivity index (χ2n) is 6.68. The third-order valence-electron chi connectivity index (χ3n) is 4.87. The zero-order valence-electron chi connectivity index (χ0n) is 15.5. The van der Waals surface area contributed by atoms with E-state index < -0.39 is 0 Å². The second kappa shape index (κ2) is 7.77. The number of rotatable bonds is 4. The molecular weight excluding hydrogens is 358 g/mol. The van der Waals surface area contributed by atoms with Gasteiger partial charge in [-0.2, -0.15) is 0 Å². The number of anilines is 1. The number of benzene rings is 1. The number of nitrogens with one attached hydrogen (secondary N) is 2. The lowest BCUT2D eigenvalue weighted by Crippen LogP contribution is -2.19. The van der Waals surface area contributed by atoms with E-state index in [1.54, 1.807) is 49.9 Å². The molecule has 1 saturated heterocycles. The van der Waals surface area contributed by atoms with E-state index in [4.69, 9.17) is 4.74 Å². The first-order valence-electron chi connectivity index (χ1n) is 9.19. The number of carbonyl (C=O) groups is 2. The molecule has 3 aromatic rings. The van der Waals surface area contributed by atoms with Crippen LogP contribution in [0.25, 0.3) is 11.2 Å². The smallest absolute Gasteiger partial charge is 0.257 e. The summed E-state index contributed by atoms with van der Waals surface area (Å²) >= 11 is 0. The van der Waals surface area contributed by atoms with Gasteiger partial charge >= 0.3 is 0 Å². The standard InChI is InChI=1S/C20H21N5O3/c1-21-19(26)13-3-2-4-15(9-13)24-20(27)14-10-17-18(22-11-14)25(12-23-17)16-5-7-28-8-6-16/h2-4,9-12,16H,5-8H2,1H3,(H,21,26)(H,24,27). The molecule has 0 radical (unpaired) electrons. The fraction of sp³-hybridized carbons (Fsp3) is 0.300. The van der Waals surface area contributed by atoms with E-state index in [-0.39, 0.29) is 11.8 Å². The third kappa shape index (κ3) is 3.59. The van der Waals surface area contributed by atoms with Crippen molar-refractivity contribution in [1.29, 1.82) is 0 Å². The summed E-state index contributed by atoms with van der Waals surface area (Å²) in [4.78, 5) is 33.3. The van der Waals surface area contributed by atoms with E-state index in [2.05, 4.69) is 25.2 Å². The van der Waals surface area contributed by atoms with Crippen LogP contribution in [0.4, 0.5) is 5.69 Å². The molecule has 144 valence electrons. The molecule has 1 fully saturated rings. The summed E-state index contributed by atoms with van der Waals surface area (Å²) in [5.41, 5.74) is 2.88. The summed E-state index contributed by atoms with van der Waals surface area (Å²) in [6.45, 7) is 1.47. The summed E-state index contributed by atoms with van der Waals surface area (Å²) in [5, 5.41) is 5.37. The highest BCUT2D eigenvalue weighted by Gasteiger charge is 2.19. The largest absolute Gasteiger partial charge is 0.381 e. The Labute approximate surface area is 161 Å². The molecule has 0 saturated carbocycles. The Morgan fingerprint density at radius 2 is 1.93 bits per heavy atom. The molecule has 2 N–H and O–H groups in total. The van der Waals surface area contributed by atoms with E-state index in [9.17, 15) is 9.59 Å². The lowest BCUT2D eigenvalue weighted by Gasteiger charge is -2.23. The summed E-state index contributed by atoms with van der Waals surface area (Å²) < 4.78 is 7.48. The molecule has 0 unspecified atom stereocenters. The zero-order chi connectivity index (χ0) is 19.5. The average molecular weight is 379 g/mol. The van der Waals surface area contributed by atoms with Crippen molar-refractivity contribution in [2.45, 2.75) is 18.9 Å². The van der Waals surface area contributed by atoms with Gasteiger partial charge in [0, 0.05) is 43.8 Å². The normalized spacial score (nSPS) is 14.8. The molecule has 2 amide bonds. The van der Waals surface area contributed by atoms with Crippen LogP contribution in [0.5, 0.6) is 0 Å². The highest BCUT2D eigenvalue weighted by Crippen LogP contribution is 2.25. The van der Waals surface area contributed by atoms with Gasteiger partial charge in [0.25, 0.3) is 11.8 Å². The van der Waals surface area contributed by atoms with Gasteiger partial charge in [-0.3, -0.25) is 9.59 Å². The minimum atomic E-state index is -0.302. The minimum absolute atomic E-state index is 0.210. The Hall–Kier alpha value is -3.26. The Morgan fingerprint density at radius 3 is 2.71 bits per heavy atom. The molecule has 0 bridgehead atoms. The molecule has 0 atom stereocenters. The number of aromatic nitrogens is 3. The van der Waals surface area contributed by atoms with Gasteiger partial charge in [0.2, 0.25) is 0 Å². The molecule has 1 aromatic carbocycles.